The Bertz CT molecular complexity index is 1380. The normalized spacial score (nSPS) is 14.2. The molecule has 1 saturated carbocycles. The molecule has 1 atom stereocenters. The summed E-state index contributed by atoms with van der Waals surface area (Å²) in [6.07, 6.45) is 8.42. The topological polar surface area (TPSA) is 128 Å². The average Bonchev–Trinajstić information content (AvgIpc) is 3.83. The average molecular weight is 611 g/mol. The van der Waals surface area contributed by atoms with Crippen molar-refractivity contribution in [2.45, 2.75) is 81.4 Å². The van der Waals surface area contributed by atoms with Crippen LogP contribution in [0.4, 0.5) is 0 Å². The second-order valence-electron chi connectivity index (χ2n) is 11.3. The molecule has 0 amide bonds. The lowest BCUT2D eigenvalue weighted by atomic mass is 10.0. The molecule has 5 N–H and O–H groups in total. The van der Waals surface area contributed by atoms with Crippen LogP contribution in [0.1, 0.15) is 74.2 Å². The van der Waals surface area contributed by atoms with Gasteiger partial charge in [0.2, 0.25) is 10.0 Å². The summed E-state index contributed by atoms with van der Waals surface area (Å²) in [5, 5.41) is 32.5. The lowest BCUT2D eigenvalue weighted by Gasteiger charge is -2.14. The fourth-order valence-electron chi connectivity index (χ4n) is 5.01. The SMILES string of the molecule is O=S(=O)(NC1CC1)c1ccccc1-c1ccc(CCCCOCCCCCCNC[C@H](O)c2ccc(O)c(CO)c2)cc1. The molecule has 1 fully saturated rings. The zero-order valence-electron chi connectivity index (χ0n) is 24.9. The van der Waals surface area contributed by atoms with Crippen molar-refractivity contribution in [1.29, 1.82) is 0 Å². The minimum absolute atomic E-state index is 0.0369. The van der Waals surface area contributed by atoms with Crippen LogP contribution in [0.25, 0.3) is 11.1 Å². The monoisotopic (exact) mass is 610 g/mol. The van der Waals surface area contributed by atoms with Crippen molar-refractivity contribution in [3.8, 4) is 16.9 Å². The van der Waals surface area contributed by atoms with Crippen molar-refractivity contribution in [3.05, 3.63) is 83.4 Å². The lowest BCUT2D eigenvalue weighted by molar-refractivity contribution is 0.126. The minimum Gasteiger partial charge on any atom is -0.508 e. The molecule has 0 unspecified atom stereocenters. The summed E-state index contributed by atoms with van der Waals surface area (Å²) in [5.74, 6) is 0.0369. The van der Waals surface area contributed by atoms with E-state index in [1.54, 1.807) is 24.3 Å². The number of aromatic hydroxyl groups is 1. The Balaban J connectivity index is 1.02. The number of benzene rings is 3. The molecule has 4 rings (SSSR count). The number of sulfonamides is 1. The smallest absolute Gasteiger partial charge is 0.241 e. The Morgan fingerprint density at radius 1 is 0.884 bits per heavy atom. The van der Waals surface area contributed by atoms with E-state index in [9.17, 15) is 23.7 Å². The molecule has 43 heavy (non-hydrogen) atoms. The van der Waals surface area contributed by atoms with Crippen molar-refractivity contribution in [2.75, 3.05) is 26.3 Å². The third kappa shape index (κ3) is 10.7. The van der Waals surface area contributed by atoms with Crippen molar-refractivity contribution < 1.29 is 28.5 Å². The molecule has 0 radical (unpaired) electrons. The molecule has 234 valence electrons. The molecular formula is C34H46N2O6S. The number of aliphatic hydroxyl groups excluding tert-OH is 2. The van der Waals surface area contributed by atoms with Gasteiger partial charge in [0, 0.05) is 36.9 Å². The van der Waals surface area contributed by atoms with Gasteiger partial charge >= 0.3 is 0 Å². The van der Waals surface area contributed by atoms with Gasteiger partial charge in [0.15, 0.2) is 0 Å². The predicted octanol–water partition coefficient (Wildman–Crippen LogP) is 5.22. The van der Waals surface area contributed by atoms with E-state index in [0.717, 1.165) is 88.7 Å². The summed E-state index contributed by atoms with van der Waals surface area (Å²) in [5.41, 5.74) is 3.97. The van der Waals surface area contributed by atoms with Crippen LogP contribution >= 0.6 is 0 Å². The summed E-state index contributed by atoms with van der Waals surface area (Å²) in [4.78, 5) is 0.337. The molecule has 0 saturated heterocycles. The van der Waals surface area contributed by atoms with Crippen molar-refractivity contribution in [2.24, 2.45) is 0 Å². The van der Waals surface area contributed by atoms with Gasteiger partial charge in [-0.1, -0.05) is 61.4 Å². The maximum absolute atomic E-state index is 12.8. The first-order valence-corrected chi connectivity index (χ1v) is 17.0. The Labute approximate surface area is 256 Å². The van der Waals surface area contributed by atoms with Crippen LogP contribution in [0.15, 0.2) is 71.6 Å². The number of hydrogen-bond acceptors (Lipinski definition) is 7. The van der Waals surface area contributed by atoms with E-state index in [-0.39, 0.29) is 18.4 Å². The van der Waals surface area contributed by atoms with E-state index in [2.05, 4.69) is 22.2 Å². The van der Waals surface area contributed by atoms with E-state index in [4.69, 9.17) is 4.74 Å². The number of nitrogens with one attached hydrogen (secondary N) is 2. The molecule has 1 aliphatic carbocycles. The van der Waals surface area contributed by atoms with Gasteiger partial charge in [0.05, 0.1) is 17.6 Å². The maximum atomic E-state index is 12.8. The fraction of sp³-hybridized carbons (Fsp3) is 0.471. The third-order valence-electron chi connectivity index (χ3n) is 7.73. The van der Waals surface area contributed by atoms with Crippen LogP contribution in [-0.2, 0) is 27.8 Å². The van der Waals surface area contributed by atoms with Crippen LogP contribution in [0.2, 0.25) is 0 Å². The summed E-state index contributed by atoms with van der Waals surface area (Å²) in [6, 6.07) is 20.3. The van der Waals surface area contributed by atoms with Crippen LogP contribution in [0, 0.1) is 0 Å². The number of aliphatic hydroxyl groups is 2. The van der Waals surface area contributed by atoms with Crippen LogP contribution in [0.5, 0.6) is 5.75 Å². The van der Waals surface area contributed by atoms with E-state index >= 15 is 0 Å². The molecular weight excluding hydrogens is 564 g/mol. The first kappa shape index (κ1) is 33.1. The Morgan fingerprint density at radius 3 is 2.35 bits per heavy atom. The van der Waals surface area contributed by atoms with Gasteiger partial charge in [-0.05, 0) is 86.4 Å². The first-order valence-electron chi connectivity index (χ1n) is 15.5. The van der Waals surface area contributed by atoms with Crippen LogP contribution in [-0.4, -0.2) is 56.1 Å². The highest BCUT2D eigenvalue weighted by Gasteiger charge is 2.29. The molecule has 0 aliphatic heterocycles. The van der Waals surface area contributed by atoms with E-state index < -0.39 is 16.1 Å². The summed E-state index contributed by atoms with van der Waals surface area (Å²) in [6.45, 7) is 2.52. The van der Waals surface area contributed by atoms with Crippen molar-refractivity contribution >= 4 is 10.0 Å². The predicted molar refractivity (Wildman–Crippen MR) is 169 cm³/mol. The van der Waals surface area contributed by atoms with Gasteiger partial charge in [-0.15, -0.1) is 0 Å². The Morgan fingerprint density at radius 2 is 1.60 bits per heavy atom. The molecule has 9 heteroatoms. The highest BCUT2D eigenvalue weighted by Crippen LogP contribution is 2.30. The number of phenols is 1. The Hall–Kier alpha value is -2.79. The molecule has 0 aromatic heterocycles. The number of hydrogen-bond donors (Lipinski definition) is 5. The standard InChI is InChI=1S/C34H46N2O6S/c37-25-29-23-28(16-19-32(29)38)33(39)24-35-20-6-1-2-7-21-42-22-8-5-9-26-12-14-27(15-13-26)31-10-3-4-11-34(31)43(40,41)36-30-17-18-30/h3-4,10-16,19,23,30,33,35-39H,1-2,5-9,17-18,20-22,24-25H2/t33-/m0/s1. The maximum Gasteiger partial charge on any atom is 0.241 e. The molecule has 3 aromatic rings. The van der Waals surface area contributed by atoms with Crippen molar-refractivity contribution in [3.63, 3.8) is 0 Å². The summed E-state index contributed by atoms with van der Waals surface area (Å²) >= 11 is 0. The largest absolute Gasteiger partial charge is 0.508 e. The highest BCUT2D eigenvalue weighted by molar-refractivity contribution is 7.89. The number of aryl methyl sites for hydroxylation is 1. The fourth-order valence-corrected chi connectivity index (χ4v) is 6.55. The zero-order valence-corrected chi connectivity index (χ0v) is 25.7. The van der Waals surface area contributed by atoms with Gasteiger partial charge in [-0.3, -0.25) is 0 Å². The van der Waals surface area contributed by atoms with Gasteiger partial charge in [0.25, 0.3) is 0 Å². The van der Waals surface area contributed by atoms with Gasteiger partial charge in [0.1, 0.15) is 5.75 Å². The lowest BCUT2D eigenvalue weighted by Crippen LogP contribution is -2.26. The second kappa shape index (κ2) is 16.9. The van der Waals surface area contributed by atoms with E-state index in [1.807, 2.05) is 24.3 Å². The molecule has 1 aliphatic rings. The minimum atomic E-state index is -3.52. The summed E-state index contributed by atoms with van der Waals surface area (Å²) in [7, 11) is -3.52. The zero-order chi connectivity index (χ0) is 30.5. The molecule has 8 nitrogen and oxygen atoms in total. The van der Waals surface area contributed by atoms with Gasteiger partial charge in [-0.2, -0.15) is 0 Å². The summed E-state index contributed by atoms with van der Waals surface area (Å²) < 4.78 is 34.2. The van der Waals surface area contributed by atoms with Crippen molar-refractivity contribution in [1.82, 2.24) is 10.0 Å². The van der Waals surface area contributed by atoms with E-state index in [0.29, 0.717) is 22.6 Å². The molecule has 0 heterocycles. The number of unbranched alkanes of at least 4 members (excludes halogenated alkanes) is 4. The second-order valence-corrected chi connectivity index (χ2v) is 13.0. The number of ether oxygens (including phenoxy) is 1. The molecule has 0 spiro atoms. The quantitative estimate of drug-likeness (QED) is 0.111. The number of rotatable bonds is 20. The molecule has 3 aromatic carbocycles. The highest BCUT2D eigenvalue weighted by atomic mass is 32.2. The third-order valence-corrected chi connectivity index (χ3v) is 9.31. The van der Waals surface area contributed by atoms with Gasteiger partial charge in [-0.25, -0.2) is 13.1 Å². The van der Waals surface area contributed by atoms with Crippen LogP contribution < -0.4 is 10.0 Å². The van der Waals surface area contributed by atoms with Gasteiger partial charge < -0.3 is 25.4 Å². The van der Waals surface area contributed by atoms with Crippen LogP contribution in [0.3, 0.4) is 0 Å². The molecule has 0 bridgehead atoms. The van der Waals surface area contributed by atoms with E-state index in [1.165, 1.54) is 11.6 Å². The first-order chi connectivity index (χ1) is 20.9. The Kier molecular flexibility index (Phi) is 13.0.